The van der Waals surface area contributed by atoms with Gasteiger partial charge in [-0.2, -0.15) is 0 Å². The molecule has 128 valence electrons. The molecule has 1 saturated heterocycles. The van der Waals surface area contributed by atoms with Crippen molar-refractivity contribution in [3.63, 3.8) is 0 Å². The third-order valence-electron chi connectivity index (χ3n) is 3.62. The van der Waals surface area contributed by atoms with E-state index in [1.165, 1.54) is 12.1 Å². The molecule has 0 bridgehead atoms. The number of benzene rings is 1. The van der Waals surface area contributed by atoms with Crippen molar-refractivity contribution < 1.29 is 22.7 Å². The minimum atomic E-state index is -4.72. The normalized spacial score (nSPS) is 16.7. The van der Waals surface area contributed by atoms with Gasteiger partial charge in [-0.3, -0.25) is 9.69 Å². The summed E-state index contributed by atoms with van der Waals surface area (Å²) in [6.45, 7) is 8.22. The van der Waals surface area contributed by atoms with E-state index in [2.05, 4.69) is 23.5 Å². The Morgan fingerprint density at radius 1 is 1.13 bits per heavy atom. The Bertz CT molecular complexity index is 521. The Hall–Kier alpha value is -1.76. The van der Waals surface area contributed by atoms with Gasteiger partial charge in [-0.1, -0.05) is 13.8 Å². The van der Waals surface area contributed by atoms with Gasteiger partial charge in [0.25, 0.3) is 5.91 Å². The molecule has 0 unspecified atom stereocenters. The third kappa shape index (κ3) is 5.42. The SMILES string of the molecule is CC(C)CN1CCN(C(=O)c2ccc(OC(F)(F)F)cc2)CC1. The molecule has 7 heteroatoms. The number of hydrogen-bond donors (Lipinski definition) is 0. The van der Waals surface area contributed by atoms with Crippen molar-refractivity contribution >= 4 is 5.91 Å². The van der Waals surface area contributed by atoms with E-state index < -0.39 is 6.36 Å². The summed E-state index contributed by atoms with van der Waals surface area (Å²) in [5.74, 6) is 0.0991. The molecule has 1 aromatic carbocycles. The quantitative estimate of drug-likeness (QED) is 0.851. The number of hydrogen-bond acceptors (Lipinski definition) is 3. The Labute approximate surface area is 133 Å². The van der Waals surface area contributed by atoms with Crippen molar-refractivity contribution in [2.45, 2.75) is 20.2 Å². The van der Waals surface area contributed by atoms with Crippen molar-refractivity contribution in [2.24, 2.45) is 5.92 Å². The predicted octanol–water partition coefficient (Wildman–Crippen LogP) is 3.00. The van der Waals surface area contributed by atoms with Crippen molar-refractivity contribution in [1.82, 2.24) is 9.80 Å². The van der Waals surface area contributed by atoms with E-state index in [0.29, 0.717) is 24.6 Å². The number of alkyl halides is 3. The van der Waals surface area contributed by atoms with E-state index >= 15 is 0 Å². The second-order valence-electron chi connectivity index (χ2n) is 6.06. The van der Waals surface area contributed by atoms with Crippen LogP contribution >= 0.6 is 0 Å². The highest BCUT2D eigenvalue weighted by molar-refractivity contribution is 5.94. The lowest BCUT2D eigenvalue weighted by Gasteiger charge is -2.35. The van der Waals surface area contributed by atoms with Crippen LogP contribution in [0.2, 0.25) is 0 Å². The summed E-state index contributed by atoms with van der Waals surface area (Å²) < 4.78 is 40.1. The van der Waals surface area contributed by atoms with Crippen molar-refractivity contribution in [3.05, 3.63) is 29.8 Å². The molecule has 1 fully saturated rings. The lowest BCUT2D eigenvalue weighted by molar-refractivity contribution is -0.274. The first-order chi connectivity index (χ1) is 10.7. The van der Waals surface area contributed by atoms with Gasteiger partial charge >= 0.3 is 6.36 Å². The molecule has 1 aromatic rings. The number of carbonyl (C=O) groups excluding carboxylic acids is 1. The molecule has 2 rings (SSSR count). The number of carbonyl (C=O) groups is 1. The summed E-state index contributed by atoms with van der Waals surface area (Å²) in [5, 5.41) is 0. The molecule has 0 N–H and O–H groups in total. The largest absolute Gasteiger partial charge is 0.573 e. The summed E-state index contributed by atoms with van der Waals surface area (Å²) in [6.07, 6.45) is -4.72. The molecule has 4 nitrogen and oxygen atoms in total. The number of piperazine rings is 1. The molecule has 0 radical (unpaired) electrons. The average molecular weight is 330 g/mol. The summed E-state index contributed by atoms with van der Waals surface area (Å²) in [5.41, 5.74) is 0.372. The Kier molecular flexibility index (Phi) is 5.51. The molecule has 0 atom stereocenters. The van der Waals surface area contributed by atoms with Crippen LogP contribution in [0.4, 0.5) is 13.2 Å². The van der Waals surface area contributed by atoms with Gasteiger partial charge in [0.15, 0.2) is 0 Å². The van der Waals surface area contributed by atoms with E-state index in [-0.39, 0.29) is 11.7 Å². The molecule has 1 aliphatic heterocycles. The topological polar surface area (TPSA) is 32.8 Å². The fourth-order valence-corrected chi connectivity index (χ4v) is 2.63. The van der Waals surface area contributed by atoms with Gasteiger partial charge in [-0.25, -0.2) is 0 Å². The van der Waals surface area contributed by atoms with Crippen molar-refractivity contribution in [3.8, 4) is 5.75 Å². The van der Waals surface area contributed by atoms with Crippen LogP contribution in [-0.4, -0.2) is 54.8 Å². The van der Waals surface area contributed by atoms with Crippen LogP contribution in [0, 0.1) is 5.92 Å². The van der Waals surface area contributed by atoms with Gasteiger partial charge in [0.05, 0.1) is 0 Å². The van der Waals surface area contributed by atoms with Crippen LogP contribution in [-0.2, 0) is 0 Å². The summed E-state index contributed by atoms with van der Waals surface area (Å²) >= 11 is 0. The smallest absolute Gasteiger partial charge is 0.406 e. The molecule has 1 heterocycles. The fourth-order valence-electron chi connectivity index (χ4n) is 2.63. The number of ether oxygens (including phenoxy) is 1. The molecule has 0 saturated carbocycles. The maximum atomic E-state index is 12.4. The maximum absolute atomic E-state index is 12.4. The molecule has 1 aliphatic rings. The predicted molar refractivity (Wildman–Crippen MR) is 80.3 cm³/mol. The number of amides is 1. The van der Waals surface area contributed by atoms with Crippen LogP contribution in [0.25, 0.3) is 0 Å². The molecule has 0 spiro atoms. The van der Waals surface area contributed by atoms with Crippen LogP contribution in [0.5, 0.6) is 5.75 Å². The van der Waals surface area contributed by atoms with Crippen LogP contribution < -0.4 is 4.74 Å². The summed E-state index contributed by atoms with van der Waals surface area (Å²) in [7, 11) is 0. The first kappa shape index (κ1) is 17.6. The first-order valence-corrected chi connectivity index (χ1v) is 7.62. The highest BCUT2D eigenvalue weighted by atomic mass is 19.4. The number of halogens is 3. The van der Waals surface area contributed by atoms with Crippen LogP contribution in [0.3, 0.4) is 0 Å². The monoisotopic (exact) mass is 330 g/mol. The van der Waals surface area contributed by atoms with Gasteiger partial charge in [0.2, 0.25) is 0 Å². The zero-order valence-corrected chi connectivity index (χ0v) is 13.3. The number of nitrogens with zero attached hydrogens (tertiary/aromatic N) is 2. The minimum absolute atomic E-state index is 0.159. The van der Waals surface area contributed by atoms with E-state index in [9.17, 15) is 18.0 Å². The lowest BCUT2D eigenvalue weighted by Crippen LogP contribution is -2.49. The van der Waals surface area contributed by atoms with Gasteiger partial charge in [-0.05, 0) is 30.2 Å². The van der Waals surface area contributed by atoms with E-state index in [0.717, 1.165) is 31.8 Å². The molecular weight excluding hydrogens is 309 g/mol. The summed E-state index contributed by atoms with van der Waals surface area (Å²) in [6, 6.07) is 5.05. The van der Waals surface area contributed by atoms with Gasteiger partial charge in [0.1, 0.15) is 5.75 Å². The zero-order chi connectivity index (χ0) is 17.0. The van der Waals surface area contributed by atoms with E-state index in [4.69, 9.17) is 0 Å². The number of rotatable bonds is 4. The van der Waals surface area contributed by atoms with Gasteiger partial charge < -0.3 is 9.64 Å². The minimum Gasteiger partial charge on any atom is -0.406 e. The molecule has 0 aromatic heterocycles. The molecule has 1 amide bonds. The average Bonchev–Trinajstić information content (AvgIpc) is 2.46. The first-order valence-electron chi connectivity index (χ1n) is 7.62. The second kappa shape index (κ2) is 7.21. The van der Waals surface area contributed by atoms with Crippen LogP contribution in [0.15, 0.2) is 24.3 Å². The molecule has 23 heavy (non-hydrogen) atoms. The van der Waals surface area contributed by atoms with Crippen molar-refractivity contribution in [2.75, 3.05) is 32.7 Å². The molecule has 0 aliphatic carbocycles. The van der Waals surface area contributed by atoms with Crippen molar-refractivity contribution in [1.29, 1.82) is 0 Å². The second-order valence-corrected chi connectivity index (χ2v) is 6.06. The highest BCUT2D eigenvalue weighted by Crippen LogP contribution is 2.23. The fraction of sp³-hybridized carbons (Fsp3) is 0.562. The van der Waals surface area contributed by atoms with E-state index in [1.54, 1.807) is 4.90 Å². The zero-order valence-electron chi connectivity index (χ0n) is 13.3. The van der Waals surface area contributed by atoms with Gasteiger partial charge in [0, 0.05) is 38.3 Å². The summed E-state index contributed by atoms with van der Waals surface area (Å²) in [4.78, 5) is 16.4. The third-order valence-corrected chi connectivity index (χ3v) is 3.62. The Balaban J connectivity index is 1.91. The lowest BCUT2D eigenvalue weighted by atomic mass is 10.1. The van der Waals surface area contributed by atoms with Gasteiger partial charge in [-0.15, -0.1) is 13.2 Å². The standard InChI is InChI=1S/C16H21F3N2O2/c1-12(2)11-20-7-9-21(10-8-20)15(22)13-3-5-14(6-4-13)23-16(17,18)19/h3-6,12H,7-11H2,1-2H3. The maximum Gasteiger partial charge on any atom is 0.573 e. The Morgan fingerprint density at radius 3 is 2.17 bits per heavy atom. The Morgan fingerprint density at radius 2 is 1.70 bits per heavy atom. The highest BCUT2D eigenvalue weighted by Gasteiger charge is 2.31. The molecular formula is C16H21F3N2O2. The van der Waals surface area contributed by atoms with Crippen LogP contribution in [0.1, 0.15) is 24.2 Å². The van der Waals surface area contributed by atoms with E-state index in [1.807, 2.05) is 0 Å².